The van der Waals surface area contributed by atoms with Gasteiger partial charge in [0.1, 0.15) is 12.1 Å². The molecule has 0 spiro atoms. The minimum atomic E-state index is -1.40. The number of aliphatic carboxylic acids is 3. The van der Waals surface area contributed by atoms with Crippen LogP contribution in [0.25, 0.3) is 0 Å². The molecule has 2 atom stereocenters. The van der Waals surface area contributed by atoms with Crippen molar-refractivity contribution in [2.24, 2.45) is 0 Å². The predicted molar refractivity (Wildman–Crippen MR) is 97.6 cm³/mol. The topological polar surface area (TPSA) is 165 Å². The van der Waals surface area contributed by atoms with Gasteiger partial charge in [-0.25, -0.2) is 14.4 Å². The molecular formula is C17H31N3O7. The fourth-order valence-electron chi connectivity index (χ4n) is 2.25. The number of carbonyl (C=O) groups is 4. The van der Waals surface area contributed by atoms with Crippen LogP contribution in [-0.4, -0.2) is 63.4 Å². The van der Waals surface area contributed by atoms with Gasteiger partial charge in [0.25, 0.3) is 0 Å². The molecular weight excluding hydrogens is 358 g/mol. The maximum Gasteiger partial charge on any atom is 0.326 e. The summed E-state index contributed by atoms with van der Waals surface area (Å²) in [5, 5.41) is 34.5. The van der Waals surface area contributed by atoms with Crippen LogP contribution in [-0.2, 0) is 14.4 Å². The number of carboxylic acid groups (broad SMARTS) is 3. The Morgan fingerprint density at radius 1 is 0.815 bits per heavy atom. The lowest BCUT2D eigenvalue weighted by Gasteiger charge is -2.20. The summed E-state index contributed by atoms with van der Waals surface area (Å²) in [6.45, 7) is 6.96. The molecule has 0 aliphatic carbocycles. The molecule has 0 aromatic carbocycles. The van der Waals surface area contributed by atoms with Crippen molar-refractivity contribution in [1.82, 2.24) is 16.0 Å². The number of carbonyl (C=O) groups excluding carboxylic acids is 1. The van der Waals surface area contributed by atoms with Crippen LogP contribution in [0.5, 0.6) is 0 Å². The normalized spacial score (nSPS) is 13.4. The van der Waals surface area contributed by atoms with Crippen molar-refractivity contribution in [2.45, 2.75) is 76.9 Å². The Balaban J connectivity index is 4.34. The molecule has 0 aromatic rings. The molecule has 0 bridgehead atoms. The lowest BCUT2D eigenvalue weighted by Crippen LogP contribution is -2.51. The average molecular weight is 389 g/mol. The molecule has 156 valence electrons. The van der Waals surface area contributed by atoms with Gasteiger partial charge in [0, 0.05) is 12.0 Å². The third-order valence-electron chi connectivity index (χ3n) is 3.68. The van der Waals surface area contributed by atoms with Crippen LogP contribution in [0, 0.1) is 0 Å². The van der Waals surface area contributed by atoms with Gasteiger partial charge in [-0.1, -0.05) is 12.8 Å². The van der Waals surface area contributed by atoms with E-state index in [4.69, 9.17) is 10.2 Å². The maximum absolute atomic E-state index is 11.9. The van der Waals surface area contributed by atoms with Crippen molar-refractivity contribution in [3.63, 3.8) is 0 Å². The summed E-state index contributed by atoms with van der Waals surface area (Å²) >= 11 is 0. The van der Waals surface area contributed by atoms with E-state index < -0.39 is 42.4 Å². The smallest absolute Gasteiger partial charge is 0.326 e. The van der Waals surface area contributed by atoms with Crippen molar-refractivity contribution >= 4 is 23.9 Å². The second kappa shape index (κ2) is 12.1. The molecule has 0 rings (SSSR count). The Morgan fingerprint density at radius 3 is 1.78 bits per heavy atom. The molecule has 0 aromatic heterocycles. The van der Waals surface area contributed by atoms with E-state index in [9.17, 15) is 24.3 Å². The summed E-state index contributed by atoms with van der Waals surface area (Å²) in [6, 6.07) is -3.50. The van der Waals surface area contributed by atoms with Crippen molar-refractivity contribution in [1.29, 1.82) is 0 Å². The lowest BCUT2D eigenvalue weighted by molar-refractivity contribution is -0.140. The van der Waals surface area contributed by atoms with Crippen LogP contribution < -0.4 is 16.0 Å². The largest absolute Gasteiger partial charge is 0.481 e. The first kappa shape index (κ1) is 24.6. The van der Waals surface area contributed by atoms with Gasteiger partial charge in [0.2, 0.25) is 0 Å². The fraction of sp³-hybridized carbons (Fsp3) is 0.765. The maximum atomic E-state index is 11.9. The van der Waals surface area contributed by atoms with E-state index in [2.05, 4.69) is 36.7 Å². The summed E-state index contributed by atoms with van der Waals surface area (Å²) in [5.74, 6) is -3.78. The summed E-state index contributed by atoms with van der Waals surface area (Å²) in [4.78, 5) is 44.7. The number of hydrogen-bond donors (Lipinski definition) is 6. The first-order valence-electron chi connectivity index (χ1n) is 8.92. The second-order valence-corrected chi connectivity index (χ2v) is 7.36. The number of urea groups is 1. The molecule has 0 aliphatic rings. The standard InChI is InChI=1S/C17H31N3O7/c1-17(2,3)18-10-6-4-5-7-11(14(23)24)19-16(27)20-12(15(25)26)8-9-13(21)22/h11-12,18H,4-10H2,1-3H3,(H,21,22)(H,23,24)(H,25,26)(H2,19,20,27)/t11-,12-/m0/s1. The van der Waals surface area contributed by atoms with E-state index in [1.807, 2.05) is 0 Å². The minimum Gasteiger partial charge on any atom is -0.481 e. The second-order valence-electron chi connectivity index (χ2n) is 7.36. The Kier molecular flexibility index (Phi) is 11.0. The summed E-state index contributed by atoms with van der Waals surface area (Å²) < 4.78 is 0. The van der Waals surface area contributed by atoms with E-state index in [0.717, 1.165) is 19.4 Å². The number of unbranched alkanes of at least 4 members (excludes halogenated alkanes) is 2. The van der Waals surface area contributed by atoms with E-state index in [0.29, 0.717) is 6.42 Å². The molecule has 0 radical (unpaired) electrons. The molecule has 0 fully saturated rings. The monoisotopic (exact) mass is 389 g/mol. The van der Waals surface area contributed by atoms with E-state index in [1.54, 1.807) is 0 Å². The third-order valence-corrected chi connectivity index (χ3v) is 3.68. The van der Waals surface area contributed by atoms with Crippen molar-refractivity contribution in [3.8, 4) is 0 Å². The van der Waals surface area contributed by atoms with Gasteiger partial charge in [-0.2, -0.15) is 0 Å². The summed E-state index contributed by atoms with van der Waals surface area (Å²) in [5.41, 5.74) is 0.0184. The number of hydrogen-bond acceptors (Lipinski definition) is 5. The molecule has 0 heterocycles. The third kappa shape index (κ3) is 13.5. The lowest BCUT2D eigenvalue weighted by atomic mass is 10.1. The summed E-state index contributed by atoms with van der Waals surface area (Å²) in [6.07, 6.45) is 1.73. The zero-order valence-corrected chi connectivity index (χ0v) is 16.1. The number of amides is 2. The first-order chi connectivity index (χ1) is 12.4. The summed E-state index contributed by atoms with van der Waals surface area (Å²) in [7, 11) is 0. The highest BCUT2D eigenvalue weighted by Gasteiger charge is 2.24. The SMILES string of the molecule is CC(C)(C)NCCCCC[C@H](NC(=O)N[C@@H](CCC(=O)O)C(=O)O)C(=O)O. The highest BCUT2D eigenvalue weighted by Crippen LogP contribution is 2.06. The highest BCUT2D eigenvalue weighted by atomic mass is 16.4. The van der Waals surface area contributed by atoms with Crippen LogP contribution in [0.15, 0.2) is 0 Å². The van der Waals surface area contributed by atoms with Gasteiger partial charge in [-0.15, -0.1) is 0 Å². The van der Waals surface area contributed by atoms with Crippen LogP contribution in [0.2, 0.25) is 0 Å². The molecule has 10 nitrogen and oxygen atoms in total. The van der Waals surface area contributed by atoms with E-state index in [1.165, 1.54) is 0 Å². The minimum absolute atomic E-state index is 0.0184. The number of nitrogens with one attached hydrogen (secondary N) is 3. The van der Waals surface area contributed by atoms with Crippen molar-refractivity contribution in [2.75, 3.05) is 6.54 Å². The van der Waals surface area contributed by atoms with E-state index >= 15 is 0 Å². The Bertz CT molecular complexity index is 517. The van der Waals surface area contributed by atoms with Gasteiger partial charge in [0.15, 0.2) is 0 Å². The highest BCUT2D eigenvalue weighted by molar-refractivity contribution is 5.86. The predicted octanol–water partition coefficient (Wildman–Crippen LogP) is 1.01. The molecule has 27 heavy (non-hydrogen) atoms. The molecule has 10 heteroatoms. The molecule has 2 amide bonds. The van der Waals surface area contributed by atoms with Gasteiger partial charge < -0.3 is 31.3 Å². The molecule has 0 aliphatic heterocycles. The molecule has 0 saturated carbocycles. The average Bonchev–Trinajstić information content (AvgIpc) is 2.51. The number of carboxylic acids is 3. The van der Waals surface area contributed by atoms with Crippen molar-refractivity contribution in [3.05, 3.63) is 0 Å². The Morgan fingerprint density at radius 2 is 1.33 bits per heavy atom. The van der Waals surface area contributed by atoms with Crippen LogP contribution in [0.3, 0.4) is 0 Å². The molecule has 6 N–H and O–H groups in total. The zero-order chi connectivity index (χ0) is 21.0. The van der Waals surface area contributed by atoms with Crippen LogP contribution >= 0.6 is 0 Å². The fourth-order valence-corrected chi connectivity index (χ4v) is 2.25. The Hall–Kier alpha value is -2.36. The molecule has 0 unspecified atom stereocenters. The first-order valence-corrected chi connectivity index (χ1v) is 8.92. The quantitative estimate of drug-likeness (QED) is 0.254. The van der Waals surface area contributed by atoms with Gasteiger partial charge >= 0.3 is 23.9 Å². The van der Waals surface area contributed by atoms with Crippen molar-refractivity contribution < 1.29 is 34.5 Å². The van der Waals surface area contributed by atoms with Gasteiger partial charge in [-0.3, -0.25) is 4.79 Å². The van der Waals surface area contributed by atoms with Gasteiger partial charge in [0.05, 0.1) is 0 Å². The zero-order valence-electron chi connectivity index (χ0n) is 16.1. The Labute approximate surface area is 158 Å². The number of rotatable bonds is 13. The van der Waals surface area contributed by atoms with Gasteiger partial charge in [-0.05, 0) is 46.6 Å². The van der Waals surface area contributed by atoms with Crippen LogP contribution in [0.4, 0.5) is 4.79 Å². The van der Waals surface area contributed by atoms with Crippen LogP contribution in [0.1, 0.15) is 59.3 Å². The van der Waals surface area contributed by atoms with E-state index in [-0.39, 0.29) is 18.4 Å². The molecule has 0 saturated heterocycles.